The minimum absolute atomic E-state index is 0.170. The van der Waals surface area contributed by atoms with Gasteiger partial charge in [0.2, 0.25) is 0 Å². The minimum atomic E-state index is -0.170. The van der Waals surface area contributed by atoms with E-state index in [0.717, 1.165) is 19.3 Å². The topological polar surface area (TPSA) is 26.3 Å². The lowest BCUT2D eigenvalue weighted by molar-refractivity contribution is -0.139. The van der Waals surface area contributed by atoms with E-state index < -0.39 is 0 Å². The van der Waals surface area contributed by atoms with Crippen molar-refractivity contribution in [3.63, 3.8) is 0 Å². The zero-order chi connectivity index (χ0) is 23.7. The van der Waals surface area contributed by atoms with Crippen LogP contribution in [0.25, 0.3) is 0 Å². The van der Waals surface area contributed by atoms with Crippen LogP contribution in [-0.4, -0.2) is 12.6 Å². The smallest absolute Gasteiger partial charge is 0.333 e. The van der Waals surface area contributed by atoms with E-state index in [1.165, 1.54) is 122 Å². The van der Waals surface area contributed by atoms with Gasteiger partial charge in [-0.2, -0.15) is 0 Å². The van der Waals surface area contributed by atoms with Crippen LogP contribution in [0.15, 0.2) is 12.2 Å². The molecule has 0 saturated heterocycles. The average molecular weight is 451 g/mol. The third-order valence-electron chi connectivity index (χ3n) is 6.85. The number of ether oxygens (including phenoxy) is 1. The number of carbonyl (C=O) groups is 1. The molecule has 0 aliphatic heterocycles. The molecule has 2 nitrogen and oxygen atoms in total. The number of hydrogen-bond donors (Lipinski definition) is 0. The Morgan fingerprint density at radius 3 is 1.44 bits per heavy atom. The molecule has 0 radical (unpaired) electrons. The first kappa shape index (κ1) is 31.2. The van der Waals surface area contributed by atoms with Crippen molar-refractivity contribution in [3.05, 3.63) is 12.2 Å². The Balaban J connectivity index is 3.36. The molecule has 0 N–H and O–H groups in total. The lowest BCUT2D eigenvalue weighted by Crippen LogP contribution is -2.12. The first-order valence-corrected chi connectivity index (χ1v) is 14.5. The van der Waals surface area contributed by atoms with Crippen molar-refractivity contribution >= 4 is 5.97 Å². The van der Waals surface area contributed by atoms with Crippen molar-refractivity contribution in [2.45, 2.75) is 162 Å². The summed E-state index contributed by atoms with van der Waals surface area (Å²) >= 11 is 0. The summed E-state index contributed by atoms with van der Waals surface area (Å²) in [6, 6.07) is 0. The van der Waals surface area contributed by atoms with Crippen LogP contribution in [0, 0.1) is 5.92 Å². The van der Waals surface area contributed by atoms with E-state index in [9.17, 15) is 4.79 Å². The fraction of sp³-hybridized carbons (Fsp3) is 0.900. The average Bonchev–Trinajstić information content (AvgIpc) is 2.80. The monoisotopic (exact) mass is 450 g/mol. The molecule has 0 aromatic carbocycles. The molecule has 0 aliphatic rings. The van der Waals surface area contributed by atoms with Gasteiger partial charge in [0, 0.05) is 5.57 Å². The lowest BCUT2D eigenvalue weighted by Gasteiger charge is -2.15. The van der Waals surface area contributed by atoms with Crippen LogP contribution >= 0.6 is 0 Å². The molecule has 0 spiro atoms. The SMILES string of the molecule is C=C(CC(CC)CCCC)C(=O)OCCCCCCCCCCCCCCCCCCC. The van der Waals surface area contributed by atoms with Gasteiger partial charge in [-0.25, -0.2) is 4.79 Å². The van der Waals surface area contributed by atoms with Gasteiger partial charge in [-0.15, -0.1) is 0 Å². The molecule has 2 heteroatoms. The van der Waals surface area contributed by atoms with E-state index in [4.69, 9.17) is 4.74 Å². The van der Waals surface area contributed by atoms with Gasteiger partial charge in [-0.1, -0.05) is 156 Å². The Bertz CT molecular complexity index is 415. The van der Waals surface area contributed by atoms with Crippen LogP contribution < -0.4 is 0 Å². The van der Waals surface area contributed by atoms with Crippen molar-refractivity contribution in [2.24, 2.45) is 5.92 Å². The predicted octanol–water partition coefficient (Wildman–Crippen LogP) is 10.3. The van der Waals surface area contributed by atoms with E-state index in [-0.39, 0.29) is 5.97 Å². The second-order valence-electron chi connectivity index (χ2n) is 10.0. The Labute approximate surface area is 202 Å². The summed E-state index contributed by atoms with van der Waals surface area (Å²) in [6.07, 6.45) is 28.8. The maximum absolute atomic E-state index is 12.1. The van der Waals surface area contributed by atoms with Crippen LogP contribution in [0.5, 0.6) is 0 Å². The van der Waals surface area contributed by atoms with Crippen molar-refractivity contribution in [3.8, 4) is 0 Å². The zero-order valence-electron chi connectivity index (χ0n) is 22.4. The molecule has 1 unspecified atom stereocenters. The molecular weight excluding hydrogens is 392 g/mol. The van der Waals surface area contributed by atoms with Crippen molar-refractivity contribution < 1.29 is 9.53 Å². The summed E-state index contributed by atoms with van der Waals surface area (Å²) in [5.41, 5.74) is 0.667. The molecule has 0 aliphatic carbocycles. The van der Waals surface area contributed by atoms with Gasteiger partial charge >= 0.3 is 5.97 Å². The number of unbranched alkanes of at least 4 members (excludes halogenated alkanes) is 17. The highest BCUT2D eigenvalue weighted by Gasteiger charge is 2.14. The maximum Gasteiger partial charge on any atom is 0.333 e. The second-order valence-corrected chi connectivity index (χ2v) is 10.0. The quantitative estimate of drug-likeness (QED) is 0.0785. The normalized spacial score (nSPS) is 12.1. The summed E-state index contributed by atoms with van der Waals surface area (Å²) in [7, 11) is 0. The largest absolute Gasteiger partial charge is 0.462 e. The molecule has 0 rings (SSSR count). The number of hydrogen-bond acceptors (Lipinski definition) is 2. The van der Waals surface area contributed by atoms with Gasteiger partial charge in [0.25, 0.3) is 0 Å². The summed E-state index contributed by atoms with van der Waals surface area (Å²) < 4.78 is 5.44. The van der Waals surface area contributed by atoms with Gasteiger partial charge in [0.15, 0.2) is 0 Å². The second kappa shape index (κ2) is 24.8. The van der Waals surface area contributed by atoms with Crippen LogP contribution in [0.3, 0.4) is 0 Å². The first-order valence-electron chi connectivity index (χ1n) is 14.5. The van der Waals surface area contributed by atoms with E-state index in [1.807, 2.05) is 0 Å². The summed E-state index contributed by atoms with van der Waals surface area (Å²) in [6.45, 7) is 11.2. The molecule has 0 bridgehead atoms. The summed E-state index contributed by atoms with van der Waals surface area (Å²) in [5, 5.41) is 0. The molecule has 0 aromatic rings. The van der Waals surface area contributed by atoms with Crippen molar-refractivity contribution in [2.75, 3.05) is 6.61 Å². The van der Waals surface area contributed by atoms with Crippen molar-refractivity contribution in [1.82, 2.24) is 0 Å². The molecule has 0 aromatic heterocycles. The lowest BCUT2D eigenvalue weighted by atomic mass is 9.92. The highest BCUT2D eigenvalue weighted by molar-refractivity contribution is 5.87. The number of carbonyl (C=O) groups excluding carboxylic acids is 1. The fourth-order valence-corrected chi connectivity index (χ4v) is 4.47. The van der Waals surface area contributed by atoms with E-state index >= 15 is 0 Å². The van der Waals surface area contributed by atoms with Gasteiger partial charge in [-0.05, 0) is 18.8 Å². The van der Waals surface area contributed by atoms with Gasteiger partial charge in [0.1, 0.15) is 0 Å². The molecule has 0 amide bonds. The van der Waals surface area contributed by atoms with Gasteiger partial charge < -0.3 is 4.74 Å². The van der Waals surface area contributed by atoms with Crippen LogP contribution in [-0.2, 0) is 9.53 Å². The van der Waals surface area contributed by atoms with E-state index in [2.05, 4.69) is 27.4 Å². The molecule has 32 heavy (non-hydrogen) atoms. The predicted molar refractivity (Wildman–Crippen MR) is 142 cm³/mol. The highest BCUT2D eigenvalue weighted by atomic mass is 16.5. The Morgan fingerprint density at radius 1 is 0.625 bits per heavy atom. The standard InChI is InChI=1S/C30H58O2/c1-5-8-10-11-12-13-14-15-16-17-18-19-20-21-22-23-24-26-32-30(31)28(4)27-29(7-3)25-9-6-2/h29H,4-27H2,1-3H3. The van der Waals surface area contributed by atoms with E-state index in [1.54, 1.807) is 0 Å². The summed E-state index contributed by atoms with van der Waals surface area (Å²) in [5.74, 6) is 0.409. The third kappa shape index (κ3) is 21.1. The third-order valence-corrected chi connectivity index (χ3v) is 6.85. The molecule has 1 atom stereocenters. The Kier molecular flexibility index (Phi) is 24.2. The molecule has 0 heterocycles. The van der Waals surface area contributed by atoms with E-state index in [0.29, 0.717) is 18.1 Å². The zero-order valence-corrected chi connectivity index (χ0v) is 22.4. The maximum atomic E-state index is 12.1. The van der Waals surface area contributed by atoms with Crippen LogP contribution in [0.4, 0.5) is 0 Å². The Hall–Kier alpha value is -0.790. The van der Waals surface area contributed by atoms with Gasteiger partial charge in [0.05, 0.1) is 6.61 Å². The van der Waals surface area contributed by atoms with Crippen molar-refractivity contribution in [1.29, 1.82) is 0 Å². The van der Waals surface area contributed by atoms with Crippen LogP contribution in [0.2, 0.25) is 0 Å². The number of rotatable bonds is 25. The minimum Gasteiger partial charge on any atom is -0.462 e. The molecular formula is C30H58O2. The molecule has 0 saturated carbocycles. The Morgan fingerprint density at radius 2 is 1.03 bits per heavy atom. The highest BCUT2D eigenvalue weighted by Crippen LogP contribution is 2.21. The number of esters is 1. The fourth-order valence-electron chi connectivity index (χ4n) is 4.47. The molecule has 0 fully saturated rings. The first-order chi connectivity index (χ1) is 15.7. The summed E-state index contributed by atoms with van der Waals surface area (Å²) in [4.78, 5) is 12.1. The van der Waals surface area contributed by atoms with Gasteiger partial charge in [-0.3, -0.25) is 0 Å². The van der Waals surface area contributed by atoms with Crippen LogP contribution in [0.1, 0.15) is 162 Å². The molecule has 190 valence electrons.